The molecular weight excluding hydrogens is 271 g/mol. The Kier molecular flexibility index (Phi) is 6.29. The zero-order valence-corrected chi connectivity index (χ0v) is 11.8. The number of nitrogens with one attached hydrogen (secondary N) is 1. The standard InChI is InChI=1S/C14H20F3NO2/c1-4-18-13(9-20-10(2)14(15,16)17)11-6-5-7-12(8-11)19-3/h5-8,10,13,18H,4,9H2,1-3H3. The summed E-state index contributed by atoms with van der Waals surface area (Å²) in [6, 6.07) is 6.89. The summed E-state index contributed by atoms with van der Waals surface area (Å²) in [6.07, 6.45) is -6.13. The molecule has 0 spiro atoms. The Morgan fingerprint density at radius 2 is 2.00 bits per heavy atom. The van der Waals surface area contributed by atoms with E-state index in [0.29, 0.717) is 12.3 Å². The largest absolute Gasteiger partial charge is 0.497 e. The maximum absolute atomic E-state index is 12.4. The van der Waals surface area contributed by atoms with Crippen LogP contribution in [0.3, 0.4) is 0 Å². The second-order valence-corrected chi connectivity index (χ2v) is 4.40. The number of methoxy groups -OCH3 is 1. The van der Waals surface area contributed by atoms with E-state index < -0.39 is 12.3 Å². The van der Waals surface area contributed by atoms with Crippen LogP contribution in [0.1, 0.15) is 25.5 Å². The molecule has 3 nitrogen and oxygen atoms in total. The lowest BCUT2D eigenvalue weighted by molar-refractivity contribution is -0.215. The number of benzene rings is 1. The van der Waals surface area contributed by atoms with Crippen molar-refractivity contribution in [3.63, 3.8) is 0 Å². The average Bonchev–Trinajstić information content (AvgIpc) is 2.42. The molecule has 0 saturated heterocycles. The van der Waals surface area contributed by atoms with E-state index in [0.717, 1.165) is 12.5 Å². The topological polar surface area (TPSA) is 30.5 Å². The minimum absolute atomic E-state index is 0.0539. The van der Waals surface area contributed by atoms with Gasteiger partial charge < -0.3 is 14.8 Å². The molecule has 0 aliphatic heterocycles. The van der Waals surface area contributed by atoms with Crippen molar-refractivity contribution in [3.05, 3.63) is 29.8 Å². The van der Waals surface area contributed by atoms with Crippen molar-refractivity contribution < 1.29 is 22.6 Å². The first-order chi connectivity index (χ1) is 9.38. The lowest BCUT2D eigenvalue weighted by atomic mass is 10.1. The lowest BCUT2D eigenvalue weighted by Crippen LogP contribution is -2.33. The van der Waals surface area contributed by atoms with Crippen LogP contribution in [0.5, 0.6) is 5.75 Å². The zero-order chi connectivity index (χ0) is 15.2. The fraction of sp³-hybridized carbons (Fsp3) is 0.571. The van der Waals surface area contributed by atoms with E-state index in [1.807, 2.05) is 13.0 Å². The number of hydrogen-bond acceptors (Lipinski definition) is 3. The third-order valence-corrected chi connectivity index (χ3v) is 2.92. The van der Waals surface area contributed by atoms with Gasteiger partial charge in [-0.25, -0.2) is 0 Å². The molecule has 0 saturated carbocycles. The van der Waals surface area contributed by atoms with Gasteiger partial charge in [-0.05, 0) is 31.2 Å². The first-order valence-electron chi connectivity index (χ1n) is 6.44. The Balaban J connectivity index is 2.73. The maximum atomic E-state index is 12.4. The van der Waals surface area contributed by atoms with E-state index in [2.05, 4.69) is 5.32 Å². The summed E-state index contributed by atoms with van der Waals surface area (Å²) >= 11 is 0. The lowest BCUT2D eigenvalue weighted by Gasteiger charge is -2.23. The van der Waals surface area contributed by atoms with Crippen LogP contribution >= 0.6 is 0 Å². The molecule has 0 fully saturated rings. The first kappa shape index (κ1) is 16.8. The van der Waals surface area contributed by atoms with Gasteiger partial charge in [-0.1, -0.05) is 19.1 Å². The monoisotopic (exact) mass is 291 g/mol. The molecule has 0 aliphatic rings. The van der Waals surface area contributed by atoms with Gasteiger partial charge in [0, 0.05) is 0 Å². The van der Waals surface area contributed by atoms with E-state index in [4.69, 9.17) is 9.47 Å². The van der Waals surface area contributed by atoms with Gasteiger partial charge in [0.2, 0.25) is 0 Å². The molecular formula is C14H20F3NO2. The van der Waals surface area contributed by atoms with Crippen molar-refractivity contribution in [1.29, 1.82) is 0 Å². The molecule has 0 bridgehead atoms. The number of ether oxygens (including phenoxy) is 2. The summed E-state index contributed by atoms with van der Waals surface area (Å²) in [5.74, 6) is 0.661. The van der Waals surface area contributed by atoms with Gasteiger partial charge in [0.15, 0.2) is 6.10 Å². The number of alkyl halides is 3. The van der Waals surface area contributed by atoms with E-state index in [-0.39, 0.29) is 12.6 Å². The van der Waals surface area contributed by atoms with Gasteiger partial charge in [-0.15, -0.1) is 0 Å². The molecule has 0 amide bonds. The fourth-order valence-corrected chi connectivity index (χ4v) is 1.71. The number of halogens is 3. The Bertz CT molecular complexity index is 410. The van der Waals surface area contributed by atoms with Crippen LogP contribution in [-0.4, -0.2) is 32.5 Å². The van der Waals surface area contributed by atoms with Crippen LogP contribution in [0.4, 0.5) is 13.2 Å². The van der Waals surface area contributed by atoms with Gasteiger partial charge in [-0.3, -0.25) is 0 Å². The van der Waals surface area contributed by atoms with Crippen molar-refractivity contribution in [2.24, 2.45) is 0 Å². The highest BCUT2D eigenvalue weighted by Gasteiger charge is 2.37. The quantitative estimate of drug-likeness (QED) is 0.836. The fourth-order valence-electron chi connectivity index (χ4n) is 1.71. The molecule has 6 heteroatoms. The second kappa shape index (κ2) is 7.50. The number of rotatable bonds is 7. The van der Waals surface area contributed by atoms with Gasteiger partial charge in [0.1, 0.15) is 5.75 Å². The molecule has 1 N–H and O–H groups in total. The number of hydrogen-bond donors (Lipinski definition) is 1. The Morgan fingerprint density at radius 3 is 2.55 bits per heavy atom. The second-order valence-electron chi connectivity index (χ2n) is 4.40. The molecule has 20 heavy (non-hydrogen) atoms. The zero-order valence-electron chi connectivity index (χ0n) is 11.8. The smallest absolute Gasteiger partial charge is 0.414 e. The normalized spacial score (nSPS) is 14.9. The molecule has 114 valence electrons. The van der Waals surface area contributed by atoms with E-state index in [1.54, 1.807) is 25.3 Å². The van der Waals surface area contributed by atoms with Crippen LogP contribution < -0.4 is 10.1 Å². The van der Waals surface area contributed by atoms with Crippen LogP contribution in [0.25, 0.3) is 0 Å². The predicted octanol–water partition coefficient (Wildman–Crippen LogP) is 3.31. The van der Waals surface area contributed by atoms with Gasteiger partial charge in [-0.2, -0.15) is 13.2 Å². The van der Waals surface area contributed by atoms with Crippen LogP contribution in [-0.2, 0) is 4.74 Å². The molecule has 1 aromatic carbocycles. The van der Waals surface area contributed by atoms with Gasteiger partial charge >= 0.3 is 6.18 Å². The first-order valence-corrected chi connectivity index (χ1v) is 6.44. The molecule has 0 aromatic heterocycles. The minimum Gasteiger partial charge on any atom is -0.497 e. The Morgan fingerprint density at radius 1 is 1.30 bits per heavy atom. The summed E-state index contributed by atoms with van der Waals surface area (Å²) < 4.78 is 47.4. The molecule has 1 aromatic rings. The minimum atomic E-state index is -4.34. The molecule has 2 atom stereocenters. The summed E-state index contributed by atoms with van der Waals surface area (Å²) in [5.41, 5.74) is 0.834. The van der Waals surface area contributed by atoms with Gasteiger partial charge in [0.25, 0.3) is 0 Å². The summed E-state index contributed by atoms with van der Waals surface area (Å²) in [6.45, 7) is 3.47. The van der Waals surface area contributed by atoms with Crippen molar-refractivity contribution in [1.82, 2.24) is 5.32 Å². The third kappa shape index (κ3) is 5.02. The van der Waals surface area contributed by atoms with E-state index >= 15 is 0 Å². The van der Waals surface area contributed by atoms with E-state index in [9.17, 15) is 13.2 Å². The van der Waals surface area contributed by atoms with Crippen molar-refractivity contribution in [2.75, 3.05) is 20.3 Å². The molecule has 0 aliphatic carbocycles. The average molecular weight is 291 g/mol. The van der Waals surface area contributed by atoms with Gasteiger partial charge in [0.05, 0.1) is 19.8 Å². The van der Waals surface area contributed by atoms with Crippen molar-refractivity contribution in [3.8, 4) is 5.75 Å². The highest BCUT2D eigenvalue weighted by atomic mass is 19.4. The summed E-state index contributed by atoms with van der Waals surface area (Å²) in [5, 5.41) is 3.11. The summed E-state index contributed by atoms with van der Waals surface area (Å²) in [4.78, 5) is 0. The number of likely N-dealkylation sites (N-methyl/N-ethyl adjacent to an activating group) is 1. The predicted molar refractivity (Wildman–Crippen MR) is 70.9 cm³/mol. The molecule has 0 radical (unpaired) electrons. The molecule has 2 unspecified atom stereocenters. The Labute approximate surface area is 117 Å². The summed E-state index contributed by atoms with van der Waals surface area (Å²) in [7, 11) is 1.55. The highest BCUT2D eigenvalue weighted by Crippen LogP contribution is 2.25. The Hall–Kier alpha value is -1.27. The SMILES string of the molecule is CCNC(COC(C)C(F)(F)F)c1cccc(OC)c1. The van der Waals surface area contributed by atoms with E-state index in [1.165, 1.54) is 0 Å². The van der Waals surface area contributed by atoms with Crippen LogP contribution in [0.2, 0.25) is 0 Å². The van der Waals surface area contributed by atoms with Crippen LogP contribution in [0, 0.1) is 0 Å². The van der Waals surface area contributed by atoms with Crippen molar-refractivity contribution >= 4 is 0 Å². The van der Waals surface area contributed by atoms with Crippen LogP contribution in [0.15, 0.2) is 24.3 Å². The highest BCUT2D eigenvalue weighted by molar-refractivity contribution is 5.30. The van der Waals surface area contributed by atoms with Crippen molar-refractivity contribution in [2.45, 2.75) is 32.2 Å². The third-order valence-electron chi connectivity index (χ3n) is 2.92. The molecule has 1 rings (SSSR count). The molecule has 0 heterocycles. The maximum Gasteiger partial charge on any atom is 0.414 e.